The van der Waals surface area contributed by atoms with Gasteiger partial charge in [-0.3, -0.25) is 0 Å². The maximum absolute atomic E-state index is 8.97. The first-order valence-corrected chi connectivity index (χ1v) is 6.06. The van der Waals surface area contributed by atoms with Crippen LogP contribution < -0.4 is 5.32 Å². The van der Waals surface area contributed by atoms with Crippen LogP contribution in [0, 0.1) is 23.2 Å². The van der Waals surface area contributed by atoms with E-state index in [0.717, 1.165) is 26.0 Å². The summed E-state index contributed by atoms with van der Waals surface area (Å²) in [5.41, 5.74) is 0. The van der Waals surface area contributed by atoms with Crippen LogP contribution in [-0.2, 0) is 4.74 Å². The Morgan fingerprint density at radius 1 is 1.40 bits per heavy atom. The Kier molecular flexibility index (Phi) is 3.61. The molecular formula is C12H20N2O. The standard InChI is InChI=1S/C12H20N2O/c1-9-11(5-6-15-9)8-14-12-4-2-3-10(12)7-13/h9-12,14H,2-6,8H2,1H3. The first kappa shape index (κ1) is 10.9. The summed E-state index contributed by atoms with van der Waals surface area (Å²) in [6.45, 7) is 4.07. The lowest BCUT2D eigenvalue weighted by Crippen LogP contribution is -2.37. The number of hydrogen-bond donors (Lipinski definition) is 1. The summed E-state index contributed by atoms with van der Waals surface area (Å²) in [6.07, 6.45) is 5.00. The van der Waals surface area contributed by atoms with Gasteiger partial charge >= 0.3 is 0 Å². The van der Waals surface area contributed by atoms with Gasteiger partial charge in [-0.1, -0.05) is 6.42 Å². The van der Waals surface area contributed by atoms with Gasteiger partial charge in [0.15, 0.2) is 0 Å². The fourth-order valence-electron chi connectivity index (χ4n) is 2.71. The highest BCUT2D eigenvalue weighted by molar-refractivity contribution is 4.96. The Hall–Kier alpha value is -0.590. The first-order chi connectivity index (χ1) is 7.31. The fourth-order valence-corrected chi connectivity index (χ4v) is 2.71. The second kappa shape index (κ2) is 4.96. The summed E-state index contributed by atoms with van der Waals surface area (Å²) < 4.78 is 5.53. The molecule has 1 aliphatic heterocycles. The van der Waals surface area contributed by atoms with Crippen LogP contribution in [0.4, 0.5) is 0 Å². The molecule has 3 nitrogen and oxygen atoms in total. The summed E-state index contributed by atoms with van der Waals surface area (Å²) >= 11 is 0. The van der Waals surface area contributed by atoms with Gasteiger partial charge in [-0.25, -0.2) is 0 Å². The molecule has 0 radical (unpaired) electrons. The number of hydrogen-bond acceptors (Lipinski definition) is 3. The molecule has 4 atom stereocenters. The van der Waals surface area contributed by atoms with Crippen molar-refractivity contribution < 1.29 is 4.74 Å². The van der Waals surface area contributed by atoms with E-state index in [2.05, 4.69) is 18.3 Å². The van der Waals surface area contributed by atoms with Crippen LogP contribution in [-0.4, -0.2) is 25.3 Å². The Morgan fingerprint density at radius 3 is 2.93 bits per heavy atom. The monoisotopic (exact) mass is 208 g/mol. The van der Waals surface area contributed by atoms with Gasteiger partial charge in [0.25, 0.3) is 0 Å². The van der Waals surface area contributed by atoms with Crippen LogP contribution in [0.15, 0.2) is 0 Å². The maximum atomic E-state index is 8.97. The highest BCUT2D eigenvalue weighted by Crippen LogP contribution is 2.26. The molecule has 2 aliphatic rings. The minimum absolute atomic E-state index is 0.239. The second-order valence-electron chi connectivity index (χ2n) is 4.81. The van der Waals surface area contributed by atoms with E-state index in [1.165, 1.54) is 12.8 Å². The SMILES string of the molecule is CC1OCCC1CNC1CCCC1C#N. The van der Waals surface area contributed by atoms with Gasteiger partial charge < -0.3 is 10.1 Å². The molecule has 3 heteroatoms. The summed E-state index contributed by atoms with van der Waals surface area (Å²) in [4.78, 5) is 0. The normalized spacial score (nSPS) is 40.5. The summed E-state index contributed by atoms with van der Waals surface area (Å²) in [5, 5.41) is 12.5. The lowest BCUT2D eigenvalue weighted by molar-refractivity contribution is 0.104. The topological polar surface area (TPSA) is 45.0 Å². The minimum Gasteiger partial charge on any atom is -0.378 e. The third-order valence-corrected chi connectivity index (χ3v) is 3.86. The third-order valence-electron chi connectivity index (χ3n) is 3.86. The zero-order valence-corrected chi connectivity index (χ0v) is 9.41. The van der Waals surface area contributed by atoms with Gasteiger partial charge in [0.1, 0.15) is 0 Å². The molecule has 1 saturated heterocycles. The highest BCUT2D eigenvalue weighted by Gasteiger charge is 2.29. The summed E-state index contributed by atoms with van der Waals surface area (Å²) in [6, 6.07) is 2.84. The molecule has 0 aromatic rings. The Balaban J connectivity index is 1.75. The molecule has 0 aromatic heterocycles. The van der Waals surface area contributed by atoms with Crippen molar-refractivity contribution in [2.75, 3.05) is 13.2 Å². The second-order valence-corrected chi connectivity index (χ2v) is 4.81. The number of nitrogens with zero attached hydrogens (tertiary/aromatic N) is 1. The molecule has 1 heterocycles. The molecule has 1 saturated carbocycles. The zero-order chi connectivity index (χ0) is 10.7. The number of nitrogens with one attached hydrogen (secondary N) is 1. The quantitative estimate of drug-likeness (QED) is 0.767. The molecule has 1 aliphatic carbocycles. The van der Waals surface area contributed by atoms with E-state index >= 15 is 0 Å². The maximum Gasteiger partial charge on any atom is 0.0672 e. The van der Waals surface area contributed by atoms with Crippen molar-refractivity contribution in [3.05, 3.63) is 0 Å². The van der Waals surface area contributed by atoms with Crippen molar-refractivity contribution in [2.24, 2.45) is 11.8 Å². The van der Waals surface area contributed by atoms with Gasteiger partial charge in [0, 0.05) is 19.2 Å². The van der Waals surface area contributed by atoms with Gasteiger partial charge in [-0.2, -0.15) is 5.26 Å². The van der Waals surface area contributed by atoms with E-state index in [9.17, 15) is 0 Å². The van der Waals surface area contributed by atoms with Gasteiger partial charge in [-0.15, -0.1) is 0 Å². The van der Waals surface area contributed by atoms with Crippen molar-refractivity contribution >= 4 is 0 Å². The smallest absolute Gasteiger partial charge is 0.0672 e. The average Bonchev–Trinajstić information content (AvgIpc) is 2.83. The fraction of sp³-hybridized carbons (Fsp3) is 0.917. The minimum atomic E-state index is 0.239. The molecule has 0 amide bonds. The van der Waals surface area contributed by atoms with Crippen molar-refractivity contribution in [3.63, 3.8) is 0 Å². The molecule has 15 heavy (non-hydrogen) atoms. The van der Waals surface area contributed by atoms with E-state index in [-0.39, 0.29) is 5.92 Å². The Labute approximate surface area is 91.8 Å². The van der Waals surface area contributed by atoms with Gasteiger partial charge in [0.05, 0.1) is 18.1 Å². The van der Waals surface area contributed by atoms with E-state index in [1.807, 2.05) is 0 Å². The van der Waals surface area contributed by atoms with Crippen LogP contribution in [0.5, 0.6) is 0 Å². The Morgan fingerprint density at radius 2 is 2.27 bits per heavy atom. The predicted octanol–water partition coefficient (Wildman–Crippen LogP) is 1.69. The zero-order valence-electron chi connectivity index (χ0n) is 9.41. The first-order valence-electron chi connectivity index (χ1n) is 6.06. The van der Waals surface area contributed by atoms with Crippen LogP contribution in [0.3, 0.4) is 0 Å². The largest absolute Gasteiger partial charge is 0.378 e. The van der Waals surface area contributed by atoms with Crippen LogP contribution in [0.2, 0.25) is 0 Å². The molecule has 1 N–H and O–H groups in total. The molecule has 0 bridgehead atoms. The molecule has 4 unspecified atom stereocenters. The lowest BCUT2D eigenvalue weighted by Gasteiger charge is -2.20. The molecule has 0 aromatic carbocycles. The molecule has 2 rings (SSSR count). The van der Waals surface area contributed by atoms with E-state index in [4.69, 9.17) is 10.00 Å². The predicted molar refractivity (Wildman–Crippen MR) is 58.3 cm³/mol. The number of nitriles is 1. The van der Waals surface area contributed by atoms with Crippen molar-refractivity contribution in [3.8, 4) is 6.07 Å². The van der Waals surface area contributed by atoms with Gasteiger partial charge in [0.2, 0.25) is 0 Å². The lowest BCUT2D eigenvalue weighted by atomic mass is 10.0. The van der Waals surface area contributed by atoms with E-state index < -0.39 is 0 Å². The van der Waals surface area contributed by atoms with Crippen molar-refractivity contribution in [1.82, 2.24) is 5.32 Å². The highest BCUT2D eigenvalue weighted by atomic mass is 16.5. The van der Waals surface area contributed by atoms with Crippen LogP contribution >= 0.6 is 0 Å². The summed E-state index contributed by atoms with van der Waals surface area (Å²) in [7, 11) is 0. The molecule has 0 spiro atoms. The van der Waals surface area contributed by atoms with Crippen LogP contribution in [0.25, 0.3) is 0 Å². The molecular weight excluding hydrogens is 188 g/mol. The van der Waals surface area contributed by atoms with Crippen molar-refractivity contribution in [1.29, 1.82) is 5.26 Å². The number of rotatable bonds is 3. The van der Waals surface area contributed by atoms with E-state index in [0.29, 0.717) is 18.1 Å². The summed E-state index contributed by atoms with van der Waals surface area (Å²) in [5.74, 6) is 0.882. The van der Waals surface area contributed by atoms with Crippen LogP contribution in [0.1, 0.15) is 32.6 Å². The molecule has 84 valence electrons. The van der Waals surface area contributed by atoms with Crippen molar-refractivity contribution in [2.45, 2.75) is 44.8 Å². The average molecular weight is 208 g/mol. The van der Waals surface area contributed by atoms with Gasteiger partial charge in [-0.05, 0) is 32.1 Å². The third kappa shape index (κ3) is 2.50. The molecule has 2 fully saturated rings. The van der Waals surface area contributed by atoms with E-state index in [1.54, 1.807) is 0 Å². The number of ether oxygens (including phenoxy) is 1. The Bertz CT molecular complexity index is 248.